The number of benzene rings is 2. The quantitative estimate of drug-likeness (QED) is 0.468. The molecule has 0 atom stereocenters. The summed E-state index contributed by atoms with van der Waals surface area (Å²) in [5, 5.41) is 4.07. The van der Waals surface area contributed by atoms with E-state index in [1.807, 2.05) is 49.4 Å². The van der Waals surface area contributed by atoms with E-state index >= 15 is 0 Å². The highest BCUT2D eigenvalue weighted by atomic mass is 16.5. The van der Waals surface area contributed by atoms with Crippen LogP contribution < -0.4 is 15.0 Å². The monoisotopic (exact) mass is 418 g/mol. The molecule has 4 aromatic rings. The lowest BCUT2D eigenvalue weighted by Crippen LogP contribution is -2.23. The van der Waals surface area contributed by atoms with Gasteiger partial charge >= 0.3 is 0 Å². The molecule has 2 aromatic heterocycles. The zero-order chi connectivity index (χ0) is 22.0. The highest BCUT2D eigenvalue weighted by molar-refractivity contribution is 5.80. The maximum atomic E-state index is 12.3. The van der Waals surface area contributed by atoms with E-state index in [0.717, 1.165) is 16.6 Å². The van der Waals surface area contributed by atoms with Crippen LogP contribution in [0.1, 0.15) is 24.1 Å². The minimum absolute atomic E-state index is 0.0788. The van der Waals surface area contributed by atoms with Crippen molar-refractivity contribution in [3.8, 4) is 22.9 Å². The fraction of sp³-hybridized carbons (Fsp3) is 0.217. The van der Waals surface area contributed by atoms with E-state index < -0.39 is 0 Å². The Labute approximate surface area is 178 Å². The summed E-state index contributed by atoms with van der Waals surface area (Å²) in [5.41, 5.74) is 3.53. The van der Waals surface area contributed by atoms with Crippen molar-refractivity contribution in [2.75, 3.05) is 14.2 Å². The molecule has 0 saturated heterocycles. The van der Waals surface area contributed by atoms with Crippen molar-refractivity contribution in [3.05, 3.63) is 63.9 Å². The van der Waals surface area contributed by atoms with Gasteiger partial charge in [0.05, 0.1) is 25.3 Å². The second-order valence-corrected chi connectivity index (χ2v) is 6.85. The number of aromatic nitrogens is 4. The van der Waals surface area contributed by atoms with Crippen molar-refractivity contribution in [1.29, 1.82) is 0 Å². The Morgan fingerprint density at radius 2 is 1.84 bits per heavy atom. The fourth-order valence-electron chi connectivity index (χ4n) is 3.37. The van der Waals surface area contributed by atoms with Crippen LogP contribution in [0.2, 0.25) is 0 Å². The summed E-state index contributed by atoms with van der Waals surface area (Å²) in [6.45, 7) is 4.22. The van der Waals surface area contributed by atoms with Crippen molar-refractivity contribution in [2.45, 2.75) is 20.4 Å². The van der Waals surface area contributed by atoms with E-state index in [9.17, 15) is 4.79 Å². The first kappa shape index (κ1) is 20.3. The van der Waals surface area contributed by atoms with Crippen molar-refractivity contribution < 1.29 is 14.0 Å². The lowest BCUT2D eigenvalue weighted by molar-refractivity contribution is 0.355. The largest absolute Gasteiger partial charge is 0.493 e. The number of rotatable bonds is 6. The number of hydrogen-bond acceptors (Lipinski definition) is 7. The maximum Gasteiger partial charge on any atom is 0.272 e. The highest BCUT2D eigenvalue weighted by Crippen LogP contribution is 2.28. The third-order valence-electron chi connectivity index (χ3n) is 4.95. The van der Waals surface area contributed by atoms with Crippen LogP contribution in [-0.2, 0) is 6.54 Å². The van der Waals surface area contributed by atoms with Crippen molar-refractivity contribution in [2.24, 2.45) is 0 Å². The SMILES string of the molecule is CCn1c(=O)c(C)nc2cc(-c3noc(C=Cc4ccc(OC)c(OC)c4)n3)ccc21. The smallest absolute Gasteiger partial charge is 0.272 e. The van der Waals surface area contributed by atoms with Gasteiger partial charge in [-0.1, -0.05) is 11.2 Å². The first-order valence-corrected chi connectivity index (χ1v) is 9.79. The molecule has 0 aliphatic heterocycles. The number of ether oxygens (including phenoxy) is 2. The third-order valence-corrected chi connectivity index (χ3v) is 4.95. The molecular formula is C23H22N4O4. The summed E-state index contributed by atoms with van der Waals surface area (Å²) >= 11 is 0. The molecule has 8 heteroatoms. The van der Waals surface area contributed by atoms with Gasteiger partial charge in [-0.3, -0.25) is 4.79 Å². The molecule has 0 bridgehead atoms. The molecular weight excluding hydrogens is 396 g/mol. The molecule has 0 N–H and O–H groups in total. The molecule has 0 unspecified atom stereocenters. The van der Waals surface area contributed by atoms with Crippen molar-refractivity contribution >= 4 is 23.2 Å². The van der Waals surface area contributed by atoms with E-state index in [4.69, 9.17) is 14.0 Å². The molecule has 0 aliphatic rings. The van der Waals surface area contributed by atoms with Crippen LogP contribution >= 0.6 is 0 Å². The number of nitrogens with zero attached hydrogens (tertiary/aromatic N) is 4. The molecule has 2 aromatic carbocycles. The number of aryl methyl sites for hydroxylation is 2. The summed E-state index contributed by atoms with van der Waals surface area (Å²) in [5.74, 6) is 2.11. The molecule has 4 rings (SSSR count). The number of fused-ring (bicyclic) bond motifs is 1. The Bertz CT molecular complexity index is 1340. The molecule has 8 nitrogen and oxygen atoms in total. The first-order valence-electron chi connectivity index (χ1n) is 9.79. The molecule has 0 fully saturated rings. The van der Waals surface area contributed by atoms with Gasteiger partial charge in [0.25, 0.3) is 11.4 Å². The van der Waals surface area contributed by atoms with Gasteiger partial charge in [0.2, 0.25) is 5.82 Å². The van der Waals surface area contributed by atoms with E-state index in [2.05, 4.69) is 15.1 Å². The van der Waals surface area contributed by atoms with Gasteiger partial charge in [0, 0.05) is 18.2 Å². The van der Waals surface area contributed by atoms with Crippen LogP contribution in [0, 0.1) is 6.92 Å². The van der Waals surface area contributed by atoms with Crippen molar-refractivity contribution in [1.82, 2.24) is 19.7 Å². The van der Waals surface area contributed by atoms with E-state index in [1.54, 1.807) is 31.8 Å². The summed E-state index contributed by atoms with van der Waals surface area (Å²) in [6.07, 6.45) is 3.58. The highest BCUT2D eigenvalue weighted by Gasteiger charge is 2.12. The minimum Gasteiger partial charge on any atom is -0.493 e. The molecule has 31 heavy (non-hydrogen) atoms. The molecule has 2 heterocycles. The predicted octanol–water partition coefficient (Wildman–Crippen LogP) is 3.96. The number of hydrogen-bond donors (Lipinski definition) is 0. The van der Waals surface area contributed by atoms with Crippen LogP contribution in [-0.4, -0.2) is 33.9 Å². The molecule has 0 radical (unpaired) electrons. The first-order chi connectivity index (χ1) is 15.0. The zero-order valence-electron chi connectivity index (χ0n) is 17.7. The zero-order valence-corrected chi connectivity index (χ0v) is 17.7. The van der Waals surface area contributed by atoms with Crippen LogP contribution in [0.5, 0.6) is 11.5 Å². The van der Waals surface area contributed by atoms with Crippen LogP contribution in [0.15, 0.2) is 45.7 Å². The minimum atomic E-state index is -0.0788. The van der Waals surface area contributed by atoms with Gasteiger partial charge in [-0.15, -0.1) is 0 Å². The van der Waals surface area contributed by atoms with Gasteiger partial charge in [-0.25, -0.2) is 4.98 Å². The molecule has 0 saturated carbocycles. The summed E-state index contributed by atoms with van der Waals surface area (Å²) < 4.78 is 17.6. The van der Waals surface area contributed by atoms with E-state index in [-0.39, 0.29) is 5.56 Å². The van der Waals surface area contributed by atoms with Gasteiger partial charge in [-0.05, 0) is 55.8 Å². The third kappa shape index (κ3) is 3.92. The summed E-state index contributed by atoms with van der Waals surface area (Å²) in [7, 11) is 3.19. The normalized spacial score (nSPS) is 11.4. The summed E-state index contributed by atoms with van der Waals surface area (Å²) in [6, 6.07) is 11.2. The number of methoxy groups -OCH3 is 2. The van der Waals surface area contributed by atoms with Gasteiger partial charge in [0.1, 0.15) is 5.69 Å². The molecule has 0 amide bonds. The lowest BCUT2D eigenvalue weighted by atomic mass is 10.1. The Hall–Kier alpha value is -3.94. The van der Waals surface area contributed by atoms with Crippen LogP contribution in [0.3, 0.4) is 0 Å². The van der Waals surface area contributed by atoms with Gasteiger partial charge < -0.3 is 18.6 Å². The van der Waals surface area contributed by atoms with Gasteiger partial charge in [0.15, 0.2) is 11.5 Å². The molecule has 0 spiro atoms. The second-order valence-electron chi connectivity index (χ2n) is 6.85. The predicted molar refractivity (Wildman–Crippen MR) is 118 cm³/mol. The fourth-order valence-corrected chi connectivity index (χ4v) is 3.37. The van der Waals surface area contributed by atoms with Crippen molar-refractivity contribution in [3.63, 3.8) is 0 Å². The maximum absolute atomic E-state index is 12.3. The lowest BCUT2D eigenvalue weighted by Gasteiger charge is -2.09. The average Bonchev–Trinajstić information content (AvgIpc) is 3.27. The molecule has 158 valence electrons. The Morgan fingerprint density at radius 1 is 1.03 bits per heavy atom. The molecule has 0 aliphatic carbocycles. The average molecular weight is 418 g/mol. The topological polar surface area (TPSA) is 92.3 Å². The van der Waals surface area contributed by atoms with E-state index in [1.165, 1.54) is 0 Å². The van der Waals surface area contributed by atoms with Gasteiger partial charge in [-0.2, -0.15) is 4.98 Å². The van der Waals surface area contributed by atoms with E-state index in [0.29, 0.717) is 41.0 Å². The standard InChI is InChI=1S/C23H22N4O4/c1-5-27-18-9-8-16(13-17(18)24-14(2)23(27)28)22-25-21(31-26-22)11-7-15-6-10-19(29-3)20(12-15)30-4/h6-13H,5H2,1-4H3. The Kier molecular flexibility index (Phi) is 5.53. The summed E-state index contributed by atoms with van der Waals surface area (Å²) in [4.78, 5) is 21.1. The van der Waals surface area contributed by atoms with Crippen LogP contribution in [0.4, 0.5) is 0 Å². The Morgan fingerprint density at radius 3 is 2.58 bits per heavy atom. The Balaban J connectivity index is 1.63. The van der Waals surface area contributed by atoms with Crippen LogP contribution in [0.25, 0.3) is 34.6 Å². The second kappa shape index (κ2) is 8.43.